The number of carbonyl (C=O) groups excluding carboxylic acids is 1. The average Bonchev–Trinajstić information content (AvgIpc) is 2.38. The summed E-state index contributed by atoms with van der Waals surface area (Å²) in [5.41, 5.74) is 0. The Morgan fingerprint density at radius 1 is 1.53 bits per heavy atom. The fraction of sp³-hybridized carbons (Fsp3) is 0.429. The molecule has 0 saturated carbocycles. The van der Waals surface area contributed by atoms with Gasteiger partial charge in [0.1, 0.15) is 5.84 Å². The SMILES string of the molecule is C=C1/C=C\C/C=C\CC(=NCCCNC(C)=O)NS1. The normalized spacial score (nSPS) is 21.5. The third-order valence-corrected chi connectivity index (χ3v) is 3.10. The molecule has 104 valence electrons. The Morgan fingerprint density at radius 2 is 2.37 bits per heavy atom. The molecule has 1 rings (SSSR count). The maximum Gasteiger partial charge on any atom is 0.216 e. The Morgan fingerprint density at radius 3 is 3.16 bits per heavy atom. The van der Waals surface area contributed by atoms with Crippen LogP contribution in [0.1, 0.15) is 26.2 Å². The molecule has 1 aliphatic rings. The third-order valence-electron chi connectivity index (χ3n) is 2.37. The lowest BCUT2D eigenvalue weighted by Crippen LogP contribution is -2.22. The zero-order chi connectivity index (χ0) is 13.9. The second-order valence-electron chi connectivity index (χ2n) is 4.15. The molecule has 5 heteroatoms. The van der Waals surface area contributed by atoms with Gasteiger partial charge in [-0.2, -0.15) is 0 Å². The van der Waals surface area contributed by atoms with Crippen LogP contribution >= 0.6 is 11.9 Å². The molecule has 0 spiro atoms. The highest BCUT2D eigenvalue weighted by Crippen LogP contribution is 2.12. The molecule has 0 aliphatic carbocycles. The Hall–Kier alpha value is -1.49. The van der Waals surface area contributed by atoms with Gasteiger partial charge in [-0.1, -0.05) is 30.9 Å². The van der Waals surface area contributed by atoms with Crippen molar-refractivity contribution in [2.45, 2.75) is 26.2 Å². The number of rotatable bonds is 4. The van der Waals surface area contributed by atoms with Crippen molar-refractivity contribution in [3.63, 3.8) is 0 Å². The van der Waals surface area contributed by atoms with Gasteiger partial charge in [0.15, 0.2) is 0 Å². The van der Waals surface area contributed by atoms with Crippen molar-refractivity contribution in [3.05, 3.63) is 35.8 Å². The summed E-state index contributed by atoms with van der Waals surface area (Å²) in [5, 5.41) is 2.76. The molecular weight excluding hydrogens is 258 g/mol. The molecule has 1 amide bonds. The summed E-state index contributed by atoms with van der Waals surface area (Å²) in [6.07, 6.45) is 10.9. The number of carbonyl (C=O) groups is 1. The molecule has 0 aromatic heterocycles. The van der Waals surface area contributed by atoms with Gasteiger partial charge in [-0.3, -0.25) is 9.79 Å². The molecule has 0 aromatic rings. The molecule has 4 nitrogen and oxygen atoms in total. The van der Waals surface area contributed by atoms with E-state index in [9.17, 15) is 4.79 Å². The maximum absolute atomic E-state index is 10.7. The average molecular weight is 279 g/mol. The number of nitrogens with zero attached hydrogens (tertiary/aromatic N) is 1. The van der Waals surface area contributed by atoms with E-state index in [0.717, 1.165) is 30.0 Å². The molecule has 0 unspecified atom stereocenters. The van der Waals surface area contributed by atoms with Crippen LogP contribution in [0.3, 0.4) is 0 Å². The van der Waals surface area contributed by atoms with Gasteiger partial charge in [-0.05, 0) is 24.8 Å². The summed E-state index contributed by atoms with van der Waals surface area (Å²) in [7, 11) is 0. The third kappa shape index (κ3) is 8.26. The van der Waals surface area contributed by atoms with Crippen LogP contribution in [0.15, 0.2) is 40.8 Å². The van der Waals surface area contributed by atoms with E-state index in [2.05, 4.69) is 39.8 Å². The van der Waals surface area contributed by atoms with Crippen LogP contribution in [0.5, 0.6) is 0 Å². The first-order valence-corrected chi connectivity index (χ1v) is 7.21. The van der Waals surface area contributed by atoms with E-state index in [-0.39, 0.29) is 5.91 Å². The van der Waals surface area contributed by atoms with E-state index in [1.807, 2.05) is 6.08 Å². The lowest BCUT2D eigenvalue weighted by molar-refractivity contribution is -0.118. The number of hydrogen-bond acceptors (Lipinski definition) is 3. The zero-order valence-corrected chi connectivity index (χ0v) is 12.1. The summed E-state index contributed by atoms with van der Waals surface area (Å²) in [4.78, 5) is 16.2. The fourth-order valence-corrected chi connectivity index (χ4v) is 1.98. The highest BCUT2D eigenvalue weighted by molar-refractivity contribution is 8.01. The van der Waals surface area contributed by atoms with Gasteiger partial charge in [-0.25, -0.2) is 0 Å². The van der Waals surface area contributed by atoms with Crippen molar-refractivity contribution in [2.75, 3.05) is 13.1 Å². The van der Waals surface area contributed by atoms with Gasteiger partial charge >= 0.3 is 0 Å². The molecular formula is C14H21N3OS. The van der Waals surface area contributed by atoms with Gasteiger partial charge in [0.25, 0.3) is 0 Å². The highest BCUT2D eigenvalue weighted by Gasteiger charge is 1.99. The van der Waals surface area contributed by atoms with E-state index >= 15 is 0 Å². The van der Waals surface area contributed by atoms with E-state index in [0.29, 0.717) is 13.1 Å². The quantitative estimate of drug-likeness (QED) is 0.472. The van der Waals surface area contributed by atoms with Gasteiger partial charge in [-0.15, -0.1) is 0 Å². The monoisotopic (exact) mass is 279 g/mol. The predicted octanol–water partition coefficient (Wildman–Crippen LogP) is 2.57. The van der Waals surface area contributed by atoms with E-state index in [4.69, 9.17) is 0 Å². The largest absolute Gasteiger partial charge is 0.356 e. The van der Waals surface area contributed by atoms with Crippen molar-refractivity contribution in [3.8, 4) is 0 Å². The molecule has 0 radical (unpaired) electrons. The minimum atomic E-state index is 0.00560. The molecule has 0 saturated heterocycles. The lowest BCUT2D eigenvalue weighted by Gasteiger charge is -2.08. The topological polar surface area (TPSA) is 53.5 Å². The first kappa shape index (κ1) is 15.6. The fourth-order valence-electron chi connectivity index (χ4n) is 1.42. The molecule has 0 fully saturated rings. The van der Waals surface area contributed by atoms with Crippen LogP contribution in [0.2, 0.25) is 0 Å². The first-order valence-electron chi connectivity index (χ1n) is 6.39. The summed E-state index contributed by atoms with van der Waals surface area (Å²) in [6.45, 7) is 6.84. The van der Waals surface area contributed by atoms with Crippen molar-refractivity contribution in [1.29, 1.82) is 0 Å². The minimum absolute atomic E-state index is 0.00560. The molecule has 0 atom stereocenters. The summed E-state index contributed by atoms with van der Waals surface area (Å²) in [5.74, 6) is 0.951. The maximum atomic E-state index is 10.7. The van der Waals surface area contributed by atoms with Crippen LogP contribution in [0.4, 0.5) is 0 Å². The number of amides is 1. The van der Waals surface area contributed by atoms with Crippen molar-refractivity contribution < 1.29 is 4.79 Å². The number of nitrogens with one attached hydrogen (secondary N) is 2. The number of allylic oxidation sites excluding steroid dienone is 3. The second-order valence-corrected chi connectivity index (χ2v) is 5.08. The smallest absolute Gasteiger partial charge is 0.216 e. The minimum Gasteiger partial charge on any atom is -0.356 e. The van der Waals surface area contributed by atoms with Crippen molar-refractivity contribution in [2.24, 2.45) is 4.99 Å². The molecule has 1 aliphatic heterocycles. The molecule has 1 heterocycles. The van der Waals surface area contributed by atoms with Crippen LogP contribution < -0.4 is 10.0 Å². The highest BCUT2D eigenvalue weighted by atomic mass is 32.2. The number of amidine groups is 1. The van der Waals surface area contributed by atoms with Crippen LogP contribution in [-0.2, 0) is 4.79 Å². The summed E-state index contributed by atoms with van der Waals surface area (Å²) >= 11 is 1.49. The second kappa shape index (κ2) is 9.44. The Balaban J connectivity index is 2.38. The van der Waals surface area contributed by atoms with Crippen molar-refractivity contribution in [1.82, 2.24) is 10.0 Å². The molecule has 2 N–H and O–H groups in total. The van der Waals surface area contributed by atoms with E-state index in [1.54, 1.807) is 0 Å². The lowest BCUT2D eigenvalue weighted by atomic mass is 10.3. The van der Waals surface area contributed by atoms with Crippen LogP contribution in [-0.4, -0.2) is 24.8 Å². The van der Waals surface area contributed by atoms with Gasteiger partial charge in [0, 0.05) is 31.3 Å². The number of aliphatic imine (C=N–C) groups is 1. The molecule has 0 aromatic carbocycles. The Kier molecular flexibility index (Phi) is 7.74. The molecule has 0 bridgehead atoms. The summed E-state index contributed by atoms with van der Waals surface area (Å²) < 4.78 is 3.22. The predicted molar refractivity (Wildman–Crippen MR) is 83.0 cm³/mol. The molecule has 19 heavy (non-hydrogen) atoms. The Labute approximate surface area is 119 Å². The van der Waals surface area contributed by atoms with E-state index in [1.165, 1.54) is 18.9 Å². The van der Waals surface area contributed by atoms with Crippen LogP contribution in [0.25, 0.3) is 0 Å². The first-order chi connectivity index (χ1) is 9.18. The van der Waals surface area contributed by atoms with Crippen molar-refractivity contribution >= 4 is 23.7 Å². The number of hydrogen-bond donors (Lipinski definition) is 2. The van der Waals surface area contributed by atoms with Crippen LogP contribution in [0, 0.1) is 0 Å². The summed E-state index contributed by atoms with van der Waals surface area (Å²) in [6, 6.07) is 0. The van der Waals surface area contributed by atoms with Gasteiger partial charge < -0.3 is 10.0 Å². The Bertz CT molecular complexity index is 399. The standard InChI is InChI=1S/C14H21N3OS/c1-12-8-5-3-4-6-9-14(17-19-12)16-11-7-10-15-13(2)18/h4-6,8H,1,3,7,9-11H2,2H3,(H,15,18)(H,16,17)/b6-4-,8-5-. The zero-order valence-electron chi connectivity index (χ0n) is 11.3. The van der Waals surface area contributed by atoms with Gasteiger partial charge in [0.2, 0.25) is 5.91 Å². The van der Waals surface area contributed by atoms with E-state index < -0.39 is 0 Å². The van der Waals surface area contributed by atoms with Gasteiger partial charge in [0.05, 0.1) is 0 Å².